The molecule has 1 aromatic carbocycles. The molecule has 1 saturated heterocycles. The number of rotatable bonds is 6. The number of hydrogen-bond donors (Lipinski definition) is 2. The summed E-state index contributed by atoms with van der Waals surface area (Å²) in [5.74, 6) is -3.06. The Balaban J connectivity index is 1.24. The van der Waals surface area contributed by atoms with Crippen LogP contribution in [-0.4, -0.2) is 41.9 Å². The van der Waals surface area contributed by atoms with Gasteiger partial charge in [0.05, 0.1) is 4.88 Å². The average Bonchev–Trinajstić information content (AvgIpc) is 3.10. The van der Waals surface area contributed by atoms with Crippen LogP contribution < -0.4 is 11.1 Å². The molecular formula is C20H20F3N3O2S. The van der Waals surface area contributed by atoms with Gasteiger partial charge in [-0.25, -0.2) is 13.2 Å². The molecule has 0 spiro atoms. The molecule has 2 heterocycles. The number of carbonyl (C=O) groups is 2. The molecule has 0 bridgehead atoms. The third kappa shape index (κ3) is 4.16. The Morgan fingerprint density at radius 3 is 2.52 bits per heavy atom. The fraction of sp³-hybridized carbons (Fsp3) is 0.400. The van der Waals surface area contributed by atoms with Crippen molar-refractivity contribution in [1.82, 2.24) is 10.2 Å². The highest BCUT2D eigenvalue weighted by molar-refractivity contribution is 7.12. The smallest absolute Gasteiger partial charge is 0.263 e. The maximum Gasteiger partial charge on any atom is 0.263 e. The first-order chi connectivity index (χ1) is 13.8. The molecular weight excluding hydrogens is 403 g/mol. The van der Waals surface area contributed by atoms with E-state index in [1.165, 1.54) is 11.3 Å². The van der Waals surface area contributed by atoms with Crippen LogP contribution in [0, 0.1) is 29.3 Å². The van der Waals surface area contributed by atoms with Gasteiger partial charge in [-0.05, 0) is 29.5 Å². The van der Waals surface area contributed by atoms with Crippen LogP contribution in [0.25, 0.3) is 0 Å². The van der Waals surface area contributed by atoms with Crippen molar-refractivity contribution >= 4 is 23.2 Å². The van der Waals surface area contributed by atoms with Crippen LogP contribution in [0.15, 0.2) is 29.6 Å². The molecule has 2 fully saturated rings. The lowest BCUT2D eigenvalue weighted by molar-refractivity contribution is -0.121. The minimum atomic E-state index is -1.26. The summed E-state index contributed by atoms with van der Waals surface area (Å²) in [4.78, 5) is 27.1. The largest absolute Gasteiger partial charge is 0.353 e. The third-order valence-electron chi connectivity index (χ3n) is 5.56. The third-order valence-corrected chi connectivity index (χ3v) is 6.42. The molecule has 1 aromatic heterocycles. The van der Waals surface area contributed by atoms with E-state index in [0.29, 0.717) is 24.0 Å². The van der Waals surface area contributed by atoms with Gasteiger partial charge in [0, 0.05) is 49.5 Å². The molecule has 1 aliphatic heterocycles. The van der Waals surface area contributed by atoms with Crippen LogP contribution >= 0.6 is 11.3 Å². The quantitative estimate of drug-likeness (QED) is 0.701. The Hall–Kier alpha value is -2.39. The van der Waals surface area contributed by atoms with E-state index >= 15 is 0 Å². The van der Waals surface area contributed by atoms with Gasteiger partial charge in [-0.2, -0.15) is 0 Å². The molecule has 5 nitrogen and oxygen atoms in total. The number of nitrogens with zero attached hydrogens (tertiary/aromatic N) is 1. The maximum absolute atomic E-state index is 13.7. The van der Waals surface area contributed by atoms with Gasteiger partial charge in [0.2, 0.25) is 5.91 Å². The first kappa shape index (κ1) is 19.9. The molecule has 1 aliphatic carbocycles. The average molecular weight is 423 g/mol. The summed E-state index contributed by atoms with van der Waals surface area (Å²) in [5.41, 5.74) is 5.84. The summed E-state index contributed by atoms with van der Waals surface area (Å²) < 4.78 is 40.0. The van der Waals surface area contributed by atoms with Crippen molar-refractivity contribution in [1.29, 1.82) is 0 Å². The summed E-state index contributed by atoms with van der Waals surface area (Å²) in [7, 11) is 0. The standard InChI is InChI=1S/C20H20F3N3O2S/c21-14-7-16(23)15(22)5-10(14)4-11(24)6-18(27)25-19-12-8-26(9-13(12)19)20(28)17-2-1-3-29-17/h1-3,5,7,11-13,19H,4,6,8-9,24H2,(H,25,27)/t11-,12-,13+,19?/m1/s1. The Labute approximate surface area is 169 Å². The fourth-order valence-electron chi connectivity index (χ4n) is 4.02. The lowest BCUT2D eigenvalue weighted by Gasteiger charge is -2.20. The van der Waals surface area contributed by atoms with Crippen molar-refractivity contribution in [3.8, 4) is 0 Å². The Morgan fingerprint density at radius 1 is 1.17 bits per heavy atom. The Kier molecular flexibility index (Phi) is 5.35. The number of hydrogen-bond acceptors (Lipinski definition) is 4. The van der Waals surface area contributed by atoms with Gasteiger partial charge < -0.3 is 16.0 Å². The van der Waals surface area contributed by atoms with Crippen LogP contribution in [0.4, 0.5) is 13.2 Å². The van der Waals surface area contributed by atoms with Gasteiger partial charge in [0.25, 0.3) is 5.91 Å². The van der Waals surface area contributed by atoms with E-state index < -0.39 is 23.5 Å². The summed E-state index contributed by atoms with van der Waals surface area (Å²) in [6.07, 6.45) is -0.122. The van der Waals surface area contributed by atoms with Gasteiger partial charge in [-0.3, -0.25) is 9.59 Å². The van der Waals surface area contributed by atoms with E-state index in [4.69, 9.17) is 5.73 Å². The first-order valence-corrected chi connectivity index (χ1v) is 10.2. The minimum Gasteiger partial charge on any atom is -0.353 e. The summed E-state index contributed by atoms with van der Waals surface area (Å²) in [5, 5.41) is 4.78. The predicted molar refractivity (Wildman–Crippen MR) is 102 cm³/mol. The van der Waals surface area contributed by atoms with Crippen LogP contribution in [0.1, 0.15) is 21.7 Å². The number of fused-ring (bicyclic) bond motifs is 1. The van der Waals surface area contributed by atoms with Gasteiger partial charge >= 0.3 is 0 Å². The SMILES string of the molecule is N[C@@H](CC(=O)NC1[C@H]2CN(C(=O)c3cccs3)C[C@@H]12)Cc1cc(F)c(F)cc1F. The molecule has 1 unspecified atom stereocenters. The van der Waals surface area contributed by atoms with E-state index in [1.807, 2.05) is 11.4 Å². The fourth-order valence-corrected chi connectivity index (χ4v) is 4.71. The maximum atomic E-state index is 13.7. The lowest BCUT2D eigenvalue weighted by atomic mass is 10.0. The number of nitrogens with one attached hydrogen (secondary N) is 1. The summed E-state index contributed by atoms with van der Waals surface area (Å²) in [6.45, 7) is 1.22. The number of piperidine rings is 1. The highest BCUT2D eigenvalue weighted by Crippen LogP contribution is 2.46. The van der Waals surface area contributed by atoms with E-state index in [2.05, 4.69) is 5.32 Å². The number of halogens is 3. The molecule has 1 saturated carbocycles. The predicted octanol–water partition coefficient (Wildman–Crippen LogP) is 2.31. The second-order valence-corrected chi connectivity index (χ2v) is 8.58. The highest BCUT2D eigenvalue weighted by atomic mass is 32.1. The molecule has 0 radical (unpaired) electrons. The van der Waals surface area contributed by atoms with E-state index in [1.54, 1.807) is 11.0 Å². The van der Waals surface area contributed by atoms with Gasteiger partial charge in [0.15, 0.2) is 11.6 Å². The summed E-state index contributed by atoms with van der Waals surface area (Å²) >= 11 is 1.41. The second-order valence-electron chi connectivity index (χ2n) is 7.63. The molecule has 3 N–H and O–H groups in total. The molecule has 9 heteroatoms. The van der Waals surface area contributed by atoms with Gasteiger partial charge in [0.1, 0.15) is 5.82 Å². The van der Waals surface area contributed by atoms with E-state index in [-0.39, 0.29) is 48.1 Å². The molecule has 154 valence electrons. The normalized spacial score (nSPS) is 23.6. The number of carbonyl (C=O) groups excluding carboxylic acids is 2. The topological polar surface area (TPSA) is 75.4 Å². The Morgan fingerprint density at radius 2 is 1.86 bits per heavy atom. The zero-order chi connectivity index (χ0) is 20.7. The van der Waals surface area contributed by atoms with Crippen molar-refractivity contribution in [3.63, 3.8) is 0 Å². The van der Waals surface area contributed by atoms with Gasteiger partial charge in [-0.15, -0.1) is 11.3 Å². The number of likely N-dealkylation sites (tertiary alicyclic amines) is 1. The molecule has 4 rings (SSSR count). The Bertz CT molecular complexity index is 925. The van der Waals surface area contributed by atoms with E-state index in [9.17, 15) is 22.8 Å². The minimum absolute atomic E-state index is 0.0158. The van der Waals surface area contributed by atoms with Crippen LogP contribution in [0.3, 0.4) is 0 Å². The van der Waals surface area contributed by atoms with Crippen molar-refractivity contribution in [2.24, 2.45) is 17.6 Å². The number of amides is 2. The zero-order valence-electron chi connectivity index (χ0n) is 15.4. The molecule has 2 aliphatic rings. The van der Waals surface area contributed by atoms with Crippen molar-refractivity contribution in [2.45, 2.75) is 24.9 Å². The first-order valence-electron chi connectivity index (χ1n) is 9.34. The van der Waals surface area contributed by atoms with Crippen molar-refractivity contribution in [3.05, 3.63) is 57.5 Å². The van der Waals surface area contributed by atoms with E-state index in [0.717, 1.165) is 6.07 Å². The molecule has 2 amide bonds. The number of thiophene rings is 1. The summed E-state index contributed by atoms with van der Waals surface area (Å²) in [6, 6.07) is 4.19. The molecule has 2 aromatic rings. The van der Waals surface area contributed by atoms with Crippen LogP contribution in [-0.2, 0) is 11.2 Å². The van der Waals surface area contributed by atoms with Crippen LogP contribution in [0.5, 0.6) is 0 Å². The van der Waals surface area contributed by atoms with Gasteiger partial charge in [-0.1, -0.05) is 6.07 Å². The second kappa shape index (κ2) is 7.79. The molecule has 4 atom stereocenters. The number of nitrogens with two attached hydrogens (primary N) is 1. The van der Waals surface area contributed by atoms with Crippen molar-refractivity contribution < 1.29 is 22.8 Å². The number of benzene rings is 1. The highest BCUT2D eigenvalue weighted by Gasteiger charge is 2.57. The molecule has 29 heavy (non-hydrogen) atoms. The van der Waals surface area contributed by atoms with Crippen LogP contribution in [0.2, 0.25) is 0 Å². The monoisotopic (exact) mass is 423 g/mol. The zero-order valence-corrected chi connectivity index (χ0v) is 16.2. The lowest BCUT2D eigenvalue weighted by Crippen LogP contribution is -2.39. The van der Waals surface area contributed by atoms with Crippen molar-refractivity contribution in [2.75, 3.05) is 13.1 Å².